The Kier molecular flexibility index (Phi) is 11.6. The molecule has 1 aliphatic heterocycles. The van der Waals surface area contributed by atoms with Crippen molar-refractivity contribution >= 4 is 17.8 Å². The third-order valence-corrected chi connectivity index (χ3v) is 9.99. The fourth-order valence-corrected chi connectivity index (χ4v) is 7.22. The molecule has 4 aromatic carbocycles. The molecule has 10 nitrogen and oxygen atoms in total. The number of aromatic nitrogens is 4. The van der Waals surface area contributed by atoms with Crippen LogP contribution in [0.25, 0.3) is 33.6 Å². The maximum Gasteiger partial charge on any atom is 0.359 e. The zero-order valence-electron chi connectivity index (χ0n) is 31.3. The Morgan fingerprint density at radius 2 is 1.40 bits per heavy atom. The number of hydrogen-bond donors (Lipinski definition) is 2. The fourth-order valence-electron chi connectivity index (χ4n) is 7.22. The van der Waals surface area contributed by atoms with E-state index in [1.165, 1.54) is 0 Å². The van der Waals surface area contributed by atoms with E-state index >= 15 is 0 Å². The Morgan fingerprint density at radius 1 is 0.782 bits per heavy atom. The van der Waals surface area contributed by atoms with Gasteiger partial charge in [-0.1, -0.05) is 116 Å². The maximum atomic E-state index is 13.3. The first kappa shape index (κ1) is 37.0. The molecule has 0 saturated carbocycles. The molecule has 7 rings (SSSR count). The van der Waals surface area contributed by atoms with Gasteiger partial charge in [0.25, 0.3) is 0 Å². The SMILES string of the molecule is CCCN(Cc1nc(C(=O)OCC)c(-c2ccc(-c3ccc(-c4cnc([C@@H]5CCCN5C(=O)Cc5ccccc5)[nH]4)cc3)cc2)[nH]1)C(=O)Cc1ccccc1. The Labute approximate surface area is 321 Å². The van der Waals surface area contributed by atoms with Gasteiger partial charge in [-0.25, -0.2) is 14.8 Å². The van der Waals surface area contributed by atoms with Crippen molar-refractivity contribution in [2.75, 3.05) is 19.7 Å². The zero-order chi connectivity index (χ0) is 38.1. The van der Waals surface area contributed by atoms with Gasteiger partial charge in [0.2, 0.25) is 11.8 Å². The summed E-state index contributed by atoms with van der Waals surface area (Å²) in [6, 6.07) is 35.7. The van der Waals surface area contributed by atoms with Crippen LogP contribution in [0.4, 0.5) is 0 Å². The molecule has 1 saturated heterocycles. The van der Waals surface area contributed by atoms with Gasteiger partial charge in [0.1, 0.15) is 11.6 Å². The van der Waals surface area contributed by atoms with Crippen LogP contribution in [0, 0.1) is 0 Å². The van der Waals surface area contributed by atoms with E-state index in [4.69, 9.17) is 9.72 Å². The quantitative estimate of drug-likeness (QED) is 0.109. The molecule has 0 unspecified atom stereocenters. The predicted molar refractivity (Wildman–Crippen MR) is 213 cm³/mol. The van der Waals surface area contributed by atoms with Crippen molar-refractivity contribution in [1.29, 1.82) is 0 Å². The third kappa shape index (κ3) is 8.75. The summed E-state index contributed by atoms with van der Waals surface area (Å²) < 4.78 is 5.36. The minimum absolute atomic E-state index is 0.00139. The molecule has 1 fully saturated rings. The first-order chi connectivity index (χ1) is 26.9. The molecule has 2 N–H and O–H groups in total. The molecule has 0 spiro atoms. The van der Waals surface area contributed by atoms with Gasteiger partial charge < -0.3 is 24.5 Å². The van der Waals surface area contributed by atoms with Crippen molar-refractivity contribution in [3.05, 3.63) is 144 Å². The topological polar surface area (TPSA) is 124 Å². The van der Waals surface area contributed by atoms with Crippen LogP contribution >= 0.6 is 0 Å². The number of aromatic amines is 2. The van der Waals surface area contributed by atoms with Gasteiger partial charge in [-0.05, 0) is 54.0 Å². The molecule has 1 aliphatic rings. The number of carbonyl (C=O) groups is 3. The summed E-state index contributed by atoms with van der Waals surface area (Å²) in [7, 11) is 0. The molecule has 0 radical (unpaired) electrons. The minimum atomic E-state index is -0.515. The predicted octanol–water partition coefficient (Wildman–Crippen LogP) is 8.20. The molecule has 3 heterocycles. The highest BCUT2D eigenvalue weighted by Crippen LogP contribution is 2.33. The van der Waals surface area contributed by atoms with Crippen molar-refractivity contribution < 1.29 is 19.1 Å². The van der Waals surface area contributed by atoms with Crippen LogP contribution in [0.5, 0.6) is 0 Å². The van der Waals surface area contributed by atoms with Gasteiger partial charge in [-0.2, -0.15) is 0 Å². The lowest BCUT2D eigenvalue weighted by Crippen LogP contribution is -2.33. The van der Waals surface area contributed by atoms with E-state index in [0.29, 0.717) is 30.9 Å². The second kappa shape index (κ2) is 17.2. The summed E-state index contributed by atoms with van der Waals surface area (Å²) in [5.74, 6) is 0.942. The standard InChI is InChI=1S/C45H46N6O4/c1-3-25-50(40(52)27-31-12-7-5-8-13-31)30-39-48-42(43(49-39)45(54)55-4-2)36-23-19-34(20-24-36)33-17-21-35(22-18-33)37-29-46-44(47-37)38-16-11-26-51(38)41(53)28-32-14-9-6-10-15-32/h5-10,12-15,17-24,29,38H,3-4,11,16,25-28,30H2,1-2H3,(H,46,47)(H,48,49)/t38-/m0/s1. The van der Waals surface area contributed by atoms with Gasteiger partial charge in [0.05, 0.1) is 49.6 Å². The summed E-state index contributed by atoms with van der Waals surface area (Å²) in [6.45, 7) is 5.58. The van der Waals surface area contributed by atoms with Gasteiger partial charge in [0.15, 0.2) is 5.69 Å². The highest BCUT2D eigenvalue weighted by Gasteiger charge is 2.32. The number of ether oxygens (including phenoxy) is 1. The average molecular weight is 735 g/mol. The van der Waals surface area contributed by atoms with Crippen LogP contribution in [0.15, 0.2) is 115 Å². The van der Waals surface area contributed by atoms with Crippen LogP contribution in [0.1, 0.15) is 72.4 Å². The molecular formula is C45H46N6O4. The number of imidazole rings is 2. The van der Waals surface area contributed by atoms with Crippen LogP contribution in [-0.2, 0) is 33.7 Å². The molecule has 55 heavy (non-hydrogen) atoms. The van der Waals surface area contributed by atoms with Crippen LogP contribution in [0.2, 0.25) is 0 Å². The van der Waals surface area contributed by atoms with Gasteiger partial charge in [-0.15, -0.1) is 0 Å². The van der Waals surface area contributed by atoms with E-state index in [9.17, 15) is 14.4 Å². The van der Waals surface area contributed by atoms with Crippen molar-refractivity contribution in [3.8, 4) is 33.6 Å². The second-order valence-corrected chi connectivity index (χ2v) is 13.8. The van der Waals surface area contributed by atoms with Gasteiger partial charge >= 0.3 is 5.97 Å². The number of nitrogens with zero attached hydrogens (tertiary/aromatic N) is 4. The smallest absolute Gasteiger partial charge is 0.359 e. The molecule has 0 bridgehead atoms. The van der Waals surface area contributed by atoms with Crippen molar-refractivity contribution in [2.24, 2.45) is 0 Å². The minimum Gasteiger partial charge on any atom is -0.461 e. The summed E-state index contributed by atoms with van der Waals surface area (Å²) >= 11 is 0. The Hall–Kier alpha value is -6.29. The van der Waals surface area contributed by atoms with Gasteiger partial charge in [-0.3, -0.25) is 9.59 Å². The Morgan fingerprint density at radius 3 is 2.04 bits per heavy atom. The molecular weight excluding hydrogens is 689 g/mol. The van der Waals surface area contributed by atoms with E-state index in [2.05, 4.69) is 39.2 Å². The zero-order valence-corrected chi connectivity index (χ0v) is 31.3. The van der Waals surface area contributed by atoms with E-state index in [1.54, 1.807) is 11.8 Å². The van der Waals surface area contributed by atoms with Crippen LogP contribution in [-0.4, -0.2) is 67.2 Å². The highest BCUT2D eigenvalue weighted by molar-refractivity contribution is 5.94. The first-order valence-electron chi connectivity index (χ1n) is 19.1. The van der Waals surface area contributed by atoms with Crippen LogP contribution in [0.3, 0.4) is 0 Å². The monoisotopic (exact) mass is 734 g/mol. The number of rotatable bonds is 14. The van der Waals surface area contributed by atoms with Crippen LogP contribution < -0.4 is 0 Å². The third-order valence-electron chi connectivity index (χ3n) is 9.99. The summed E-state index contributed by atoms with van der Waals surface area (Å²) in [5, 5.41) is 0. The lowest BCUT2D eigenvalue weighted by molar-refractivity contribution is -0.132. The molecule has 0 aliphatic carbocycles. The van der Waals surface area contributed by atoms with Crippen molar-refractivity contribution in [2.45, 2.75) is 58.5 Å². The molecule has 280 valence electrons. The number of likely N-dealkylation sites (tertiary alicyclic amines) is 1. The molecule has 2 aromatic heterocycles. The Bertz CT molecular complexity index is 2210. The van der Waals surface area contributed by atoms with E-state index in [-0.39, 0.29) is 36.7 Å². The first-order valence-corrected chi connectivity index (χ1v) is 19.1. The number of esters is 1. The maximum absolute atomic E-state index is 13.3. The number of benzene rings is 4. The lowest BCUT2D eigenvalue weighted by atomic mass is 10.0. The van der Waals surface area contributed by atoms with Crippen molar-refractivity contribution in [3.63, 3.8) is 0 Å². The van der Waals surface area contributed by atoms with E-state index in [0.717, 1.165) is 70.7 Å². The van der Waals surface area contributed by atoms with E-state index < -0.39 is 5.97 Å². The number of carbonyl (C=O) groups excluding carboxylic acids is 3. The average Bonchev–Trinajstić information content (AvgIpc) is 4.00. The largest absolute Gasteiger partial charge is 0.461 e. The van der Waals surface area contributed by atoms with Crippen molar-refractivity contribution in [1.82, 2.24) is 29.7 Å². The number of amides is 2. The molecule has 2 amide bonds. The number of hydrogen-bond acceptors (Lipinski definition) is 6. The molecule has 10 heteroatoms. The second-order valence-electron chi connectivity index (χ2n) is 13.8. The summed E-state index contributed by atoms with van der Waals surface area (Å²) in [4.78, 5) is 59.5. The number of nitrogens with one attached hydrogen (secondary N) is 2. The highest BCUT2D eigenvalue weighted by atomic mass is 16.5. The summed E-state index contributed by atoms with van der Waals surface area (Å²) in [5.41, 5.74) is 7.45. The summed E-state index contributed by atoms with van der Waals surface area (Å²) in [6.07, 6.45) is 5.15. The Balaban J connectivity index is 1.05. The van der Waals surface area contributed by atoms with E-state index in [1.807, 2.05) is 103 Å². The van der Waals surface area contributed by atoms with Gasteiger partial charge in [0, 0.05) is 18.7 Å². The molecule has 6 aromatic rings. The number of H-pyrrole nitrogens is 2. The normalized spacial score (nSPS) is 13.9. The lowest BCUT2D eigenvalue weighted by Gasteiger charge is -2.23. The fraction of sp³-hybridized carbons (Fsp3) is 0.267. The molecule has 1 atom stereocenters.